The minimum Gasteiger partial charge on any atom is -0.491 e. The van der Waals surface area contributed by atoms with Gasteiger partial charge in [0.2, 0.25) is 5.91 Å². The molecule has 4 heteroatoms. The molecule has 0 radical (unpaired) electrons. The van der Waals surface area contributed by atoms with Crippen LogP contribution < -0.4 is 4.74 Å². The summed E-state index contributed by atoms with van der Waals surface area (Å²) < 4.78 is 18.5. The highest BCUT2D eigenvalue weighted by molar-refractivity contribution is 5.72. The minimum absolute atomic E-state index is 0.0470. The lowest BCUT2D eigenvalue weighted by atomic mass is 10.2. The highest BCUT2D eigenvalue weighted by Gasteiger charge is 2.07. The zero-order valence-corrected chi connectivity index (χ0v) is 9.79. The molecule has 0 aromatic heterocycles. The molecule has 3 nitrogen and oxygen atoms in total. The van der Waals surface area contributed by atoms with E-state index in [1.165, 1.54) is 17.9 Å². The Balaban J connectivity index is 2.77. The number of halogens is 1. The number of hydrogen-bond acceptors (Lipinski definition) is 2. The van der Waals surface area contributed by atoms with Gasteiger partial charge in [-0.15, -0.1) is 0 Å². The lowest BCUT2D eigenvalue weighted by Crippen LogP contribution is -2.23. The molecule has 1 aromatic rings. The van der Waals surface area contributed by atoms with Crippen molar-refractivity contribution in [1.29, 1.82) is 0 Å². The van der Waals surface area contributed by atoms with Crippen LogP contribution in [-0.4, -0.2) is 24.5 Å². The van der Waals surface area contributed by atoms with E-state index in [2.05, 4.69) is 0 Å². The van der Waals surface area contributed by atoms with E-state index in [-0.39, 0.29) is 11.7 Å². The maximum absolute atomic E-state index is 13.5. The quantitative estimate of drug-likeness (QED) is 0.786. The normalized spacial score (nSPS) is 10.0. The Morgan fingerprint density at radius 3 is 2.69 bits per heavy atom. The second kappa shape index (κ2) is 5.49. The van der Waals surface area contributed by atoms with E-state index < -0.39 is 5.82 Å². The summed E-state index contributed by atoms with van der Waals surface area (Å²) in [6.07, 6.45) is 0. The molecule has 1 rings (SSSR count). The number of ether oxygens (including phenoxy) is 1. The maximum Gasteiger partial charge on any atom is 0.219 e. The molecule has 0 N–H and O–H groups in total. The van der Waals surface area contributed by atoms with Gasteiger partial charge in [0.1, 0.15) is 0 Å². The monoisotopic (exact) mass is 225 g/mol. The van der Waals surface area contributed by atoms with E-state index in [0.717, 1.165) is 5.56 Å². The standard InChI is InChI=1S/C12H16FNO2/c1-4-16-12-6-5-10(7-11(12)13)8-14(3)9(2)15/h5-7H,4,8H2,1-3H3. The number of nitrogens with zero attached hydrogens (tertiary/aromatic N) is 1. The van der Waals surface area contributed by atoms with Gasteiger partial charge in [0, 0.05) is 20.5 Å². The molecule has 0 aliphatic carbocycles. The molecule has 0 saturated carbocycles. The van der Waals surface area contributed by atoms with Crippen LogP contribution in [0.25, 0.3) is 0 Å². The Hall–Kier alpha value is -1.58. The molecule has 88 valence electrons. The number of rotatable bonds is 4. The molecule has 0 saturated heterocycles. The molecule has 0 atom stereocenters. The second-order valence-corrected chi connectivity index (χ2v) is 3.57. The third kappa shape index (κ3) is 3.22. The largest absolute Gasteiger partial charge is 0.491 e. The molecule has 0 aliphatic rings. The Morgan fingerprint density at radius 1 is 1.50 bits per heavy atom. The minimum atomic E-state index is -0.392. The van der Waals surface area contributed by atoms with Crippen LogP contribution in [0.3, 0.4) is 0 Å². The molecule has 1 aromatic carbocycles. The zero-order chi connectivity index (χ0) is 12.1. The molecule has 0 bridgehead atoms. The van der Waals surface area contributed by atoms with Crippen molar-refractivity contribution < 1.29 is 13.9 Å². The van der Waals surface area contributed by atoms with Crippen molar-refractivity contribution in [2.75, 3.05) is 13.7 Å². The van der Waals surface area contributed by atoms with Crippen LogP contribution in [-0.2, 0) is 11.3 Å². The Bertz CT molecular complexity index is 379. The fourth-order valence-corrected chi connectivity index (χ4v) is 1.30. The van der Waals surface area contributed by atoms with Gasteiger partial charge in [-0.25, -0.2) is 4.39 Å². The van der Waals surface area contributed by atoms with Crippen LogP contribution in [0.15, 0.2) is 18.2 Å². The number of benzene rings is 1. The van der Waals surface area contributed by atoms with Gasteiger partial charge in [0.05, 0.1) is 6.61 Å². The van der Waals surface area contributed by atoms with Crippen LogP contribution in [0.2, 0.25) is 0 Å². The summed E-state index contributed by atoms with van der Waals surface area (Å²) >= 11 is 0. The third-order valence-corrected chi connectivity index (χ3v) is 2.25. The van der Waals surface area contributed by atoms with Gasteiger partial charge in [-0.2, -0.15) is 0 Å². The molecular formula is C12H16FNO2. The second-order valence-electron chi connectivity index (χ2n) is 3.57. The predicted molar refractivity (Wildman–Crippen MR) is 59.7 cm³/mol. The summed E-state index contributed by atoms with van der Waals surface area (Å²) in [5, 5.41) is 0. The SMILES string of the molecule is CCOc1ccc(CN(C)C(C)=O)cc1F. The summed E-state index contributed by atoms with van der Waals surface area (Å²) in [7, 11) is 1.68. The van der Waals surface area contributed by atoms with Gasteiger partial charge >= 0.3 is 0 Å². The summed E-state index contributed by atoms with van der Waals surface area (Å²) in [5.74, 6) is -0.192. The smallest absolute Gasteiger partial charge is 0.219 e. The average Bonchev–Trinajstić information content (AvgIpc) is 2.22. The van der Waals surface area contributed by atoms with Crippen molar-refractivity contribution in [2.45, 2.75) is 20.4 Å². The van der Waals surface area contributed by atoms with Crippen molar-refractivity contribution >= 4 is 5.91 Å². The Labute approximate surface area is 94.8 Å². The Morgan fingerprint density at radius 2 is 2.19 bits per heavy atom. The van der Waals surface area contributed by atoms with Crippen LogP contribution in [0.5, 0.6) is 5.75 Å². The molecule has 1 amide bonds. The number of amides is 1. The van der Waals surface area contributed by atoms with Gasteiger partial charge < -0.3 is 9.64 Å². The average molecular weight is 225 g/mol. The van der Waals surface area contributed by atoms with Crippen LogP contribution in [0, 0.1) is 5.82 Å². The third-order valence-electron chi connectivity index (χ3n) is 2.25. The number of carbonyl (C=O) groups is 1. The molecule has 0 fully saturated rings. The van der Waals surface area contributed by atoms with Crippen molar-refractivity contribution in [3.8, 4) is 5.75 Å². The number of carbonyl (C=O) groups excluding carboxylic acids is 1. The van der Waals surface area contributed by atoms with Gasteiger partial charge in [0.15, 0.2) is 11.6 Å². The maximum atomic E-state index is 13.5. The Kier molecular flexibility index (Phi) is 4.28. The van der Waals surface area contributed by atoms with E-state index in [1.807, 2.05) is 0 Å². The first-order valence-corrected chi connectivity index (χ1v) is 5.17. The van der Waals surface area contributed by atoms with Crippen molar-refractivity contribution in [3.05, 3.63) is 29.6 Å². The summed E-state index contributed by atoms with van der Waals surface area (Å²) in [4.78, 5) is 12.5. The van der Waals surface area contributed by atoms with E-state index in [9.17, 15) is 9.18 Å². The first-order valence-electron chi connectivity index (χ1n) is 5.17. The molecule has 0 unspecified atom stereocenters. The summed E-state index contributed by atoms with van der Waals surface area (Å²) in [6, 6.07) is 4.74. The van der Waals surface area contributed by atoms with Crippen molar-refractivity contribution in [1.82, 2.24) is 4.90 Å². The first kappa shape index (κ1) is 12.5. The fraction of sp³-hybridized carbons (Fsp3) is 0.417. The van der Waals surface area contributed by atoms with Crippen molar-refractivity contribution in [3.63, 3.8) is 0 Å². The summed E-state index contributed by atoms with van der Waals surface area (Å²) in [5.41, 5.74) is 0.749. The molecule has 0 aliphatic heterocycles. The first-order chi connectivity index (χ1) is 7.54. The fourth-order valence-electron chi connectivity index (χ4n) is 1.30. The predicted octanol–water partition coefficient (Wildman–Crippen LogP) is 2.20. The van der Waals surface area contributed by atoms with Crippen LogP contribution >= 0.6 is 0 Å². The van der Waals surface area contributed by atoms with Crippen LogP contribution in [0.4, 0.5) is 4.39 Å². The molecule has 0 heterocycles. The van der Waals surface area contributed by atoms with Gasteiger partial charge in [-0.3, -0.25) is 4.79 Å². The lowest BCUT2D eigenvalue weighted by Gasteiger charge is -2.15. The van der Waals surface area contributed by atoms with Gasteiger partial charge in [-0.1, -0.05) is 6.07 Å². The highest BCUT2D eigenvalue weighted by atomic mass is 19.1. The highest BCUT2D eigenvalue weighted by Crippen LogP contribution is 2.18. The van der Waals surface area contributed by atoms with E-state index in [4.69, 9.17) is 4.74 Å². The molecule has 0 spiro atoms. The molecular weight excluding hydrogens is 209 g/mol. The van der Waals surface area contributed by atoms with Gasteiger partial charge in [-0.05, 0) is 24.6 Å². The van der Waals surface area contributed by atoms with Crippen molar-refractivity contribution in [2.24, 2.45) is 0 Å². The summed E-state index contributed by atoms with van der Waals surface area (Å²) in [6.45, 7) is 4.12. The lowest BCUT2D eigenvalue weighted by molar-refractivity contribution is -0.128. The van der Waals surface area contributed by atoms with Crippen LogP contribution in [0.1, 0.15) is 19.4 Å². The number of hydrogen-bond donors (Lipinski definition) is 0. The van der Waals surface area contributed by atoms with Gasteiger partial charge in [0.25, 0.3) is 0 Å². The van der Waals surface area contributed by atoms with E-state index >= 15 is 0 Å². The van der Waals surface area contributed by atoms with E-state index in [0.29, 0.717) is 13.2 Å². The zero-order valence-electron chi connectivity index (χ0n) is 9.79. The molecule has 16 heavy (non-hydrogen) atoms. The topological polar surface area (TPSA) is 29.5 Å². The van der Waals surface area contributed by atoms with E-state index in [1.54, 1.807) is 26.1 Å².